The highest BCUT2D eigenvalue weighted by Gasteiger charge is 2.47. The second-order valence-corrected chi connectivity index (χ2v) is 35.3. The van der Waals surface area contributed by atoms with Gasteiger partial charge in [0.05, 0.1) is 73.0 Å². The van der Waals surface area contributed by atoms with Gasteiger partial charge in [0.15, 0.2) is 0 Å². The number of ether oxygens (including phenoxy) is 7. The standard InChI is InChI=1S/C28H35ClFN3O3.C26H38ClN3O6.C23H35ClN2O4.C13H17N3O/c1-18(27(34)36-28(2,3)4)8-13-22-23(30)14-20(29)15-25(22)35-21-11-9-19(10-12-21)24-16-31-26(33(24)7)17-32(5)6;1-7-15-35-23(32)28-21(17-34-6)22(31)29(5)26(16-19-9-11-20(27)12-10-19)13-8-14-30(18-26)24(33)36-25(2,3)4;1-17(15-29-6)20(27)25(5)23(14-18-8-10-19(24)11-9-18)12-7-13-26(16-23)21(28)30-22(2,3)4;1-15(2)9-13-14-8-12(16(13)3)10-4-6-11(17)7-5-10/h9-12,14-16,18H,8,13,17H2,1-7H3;7,9-12,21H,1,8,13-18H2,2-6H3,(H,28,32);8-11,17H,7,12-16H2,1-6H3;4-8,17H,9H2,1-3H3/t18-;21-,26+;17-,23+;/m100./s1. The molecule has 119 heavy (non-hydrogen) atoms. The van der Waals surface area contributed by atoms with E-state index in [1.165, 1.54) is 19.3 Å². The fraction of sp³-hybridized carbons (Fsp3) is 0.511. The Hall–Kier alpha value is -9.28. The Bertz CT molecular complexity index is 4450. The van der Waals surface area contributed by atoms with Crippen LogP contribution in [0.2, 0.25) is 15.1 Å². The second kappa shape index (κ2) is 44.8. The van der Waals surface area contributed by atoms with Crippen molar-refractivity contribution in [2.24, 2.45) is 25.9 Å². The van der Waals surface area contributed by atoms with Gasteiger partial charge in [-0.3, -0.25) is 14.4 Å². The van der Waals surface area contributed by atoms with Crippen LogP contribution in [0.25, 0.3) is 22.5 Å². The topological polar surface area (TPSA) is 254 Å². The average molecular weight is 1710 g/mol. The van der Waals surface area contributed by atoms with Crippen molar-refractivity contribution in [3.63, 3.8) is 0 Å². The van der Waals surface area contributed by atoms with Gasteiger partial charge < -0.3 is 82.1 Å². The number of phenolic OH excluding ortho intramolecular Hbond substituents is 1. The summed E-state index contributed by atoms with van der Waals surface area (Å²) in [6, 6.07) is 31.7. The Morgan fingerprint density at radius 2 is 1.04 bits per heavy atom. The third kappa shape index (κ3) is 30.7. The third-order valence-electron chi connectivity index (χ3n) is 19.9. The number of piperidine rings is 2. The number of carbonyl (C=O) groups is 6. The van der Waals surface area contributed by atoms with Crippen LogP contribution in [-0.4, -0.2) is 226 Å². The van der Waals surface area contributed by atoms with E-state index < -0.39 is 51.9 Å². The second-order valence-electron chi connectivity index (χ2n) is 34.0. The van der Waals surface area contributed by atoms with Crippen molar-refractivity contribution in [3.05, 3.63) is 183 Å². The largest absolute Gasteiger partial charge is 0.508 e. The lowest BCUT2D eigenvalue weighted by Crippen LogP contribution is -2.64. The molecule has 2 aliphatic heterocycles. The zero-order valence-electron chi connectivity index (χ0n) is 73.3. The maximum absolute atomic E-state index is 14.9. The van der Waals surface area contributed by atoms with E-state index in [1.54, 1.807) is 66.1 Å². The number of hydrogen-bond donors (Lipinski definition) is 2. The number of esters is 1. The van der Waals surface area contributed by atoms with Crippen LogP contribution in [-0.2, 0) is 89.3 Å². The summed E-state index contributed by atoms with van der Waals surface area (Å²) in [6.07, 6.45) is 8.40. The number of nitrogens with one attached hydrogen (secondary N) is 1. The zero-order chi connectivity index (χ0) is 88.5. The number of alkyl carbamates (subject to hydrolysis) is 1. The molecule has 29 heteroatoms. The number of likely N-dealkylation sites (N-methyl/N-ethyl adjacent to an activating group) is 2. The predicted octanol–water partition coefficient (Wildman–Crippen LogP) is 16.9. The first kappa shape index (κ1) is 98.5. The first-order chi connectivity index (χ1) is 55.8. The summed E-state index contributed by atoms with van der Waals surface area (Å²) < 4.78 is 57.1. The van der Waals surface area contributed by atoms with Gasteiger partial charge in [-0.1, -0.05) is 85.6 Å². The molecule has 0 aliphatic carbocycles. The molecule has 5 amide bonds. The summed E-state index contributed by atoms with van der Waals surface area (Å²) in [5, 5.41) is 13.4. The van der Waals surface area contributed by atoms with Crippen molar-refractivity contribution in [1.29, 1.82) is 0 Å². The number of benzene rings is 5. The minimum atomic E-state index is -0.976. The molecule has 652 valence electrons. The highest BCUT2D eigenvalue weighted by molar-refractivity contribution is 6.31. The van der Waals surface area contributed by atoms with E-state index in [0.29, 0.717) is 91.9 Å². The van der Waals surface area contributed by atoms with Crippen molar-refractivity contribution in [1.82, 2.24) is 53.8 Å². The monoisotopic (exact) mass is 1710 g/mol. The van der Waals surface area contributed by atoms with Crippen molar-refractivity contribution < 1.29 is 71.4 Å². The van der Waals surface area contributed by atoms with Crippen molar-refractivity contribution >= 4 is 70.9 Å². The number of imidazole rings is 2. The quantitative estimate of drug-likeness (QED) is 0.0276. The van der Waals surface area contributed by atoms with E-state index in [1.807, 2.05) is 209 Å². The number of halogens is 4. The van der Waals surface area contributed by atoms with E-state index in [0.717, 1.165) is 71.2 Å². The number of aromatic hydroxyl groups is 1. The molecule has 5 aromatic carbocycles. The Balaban J connectivity index is 0.000000253. The fourth-order valence-electron chi connectivity index (χ4n) is 13.8. The van der Waals surface area contributed by atoms with Gasteiger partial charge in [0.25, 0.3) is 0 Å². The number of hydrogen-bond acceptors (Lipinski definition) is 18. The maximum atomic E-state index is 14.9. The molecule has 9 rings (SSSR count). The fourth-order valence-corrected chi connectivity index (χ4v) is 14.2. The zero-order valence-corrected chi connectivity index (χ0v) is 75.6. The van der Waals surface area contributed by atoms with Crippen LogP contribution in [0.5, 0.6) is 17.2 Å². The normalized spacial score (nSPS) is 16.2. The smallest absolute Gasteiger partial charge is 0.410 e. The summed E-state index contributed by atoms with van der Waals surface area (Å²) >= 11 is 18.3. The van der Waals surface area contributed by atoms with Gasteiger partial charge in [0.2, 0.25) is 11.8 Å². The molecule has 5 atom stereocenters. The molecule has 0 radical (unpaired) electrons. The van der Waals surface area contributed by atoms with Crippen LogP contribution in [0, 0.1) is 17.7 Å². The lowest BCUT2D eigenvalue weighted by atomic mass is 9.81. The van der Waals surface area contributed by atoms with Crippen LogP contribution in [0.3, 0.4) is 0 Å². The van der Waals surface area contributed by atoms with E-state index in [9.17, 15) is 38.3 Å². The molecular formula is C90H125Cl3FN11O14. The number of phenols is 1. The minimum absolute atomic E-state index is 0.0110. The summed E-state index contributed by atoms with van der Waals surface area (Å²) in [5.74, 6) is 1.39. The molecular weight excluding hydrogens is 1580 g/mol. The van der Waals surface area contributed by atoms with Gasteiger partial charge in [-0.05, 0) is 238 Å². The van der Waals surface area contributed by atoms with Crippen LogP contribution < -0.4 is 10.1 Å². The van der Waals surface area contributed by atoms with Gasteiger partial charge in [-0.15, -0.1) is 0 Å². The lowest BCUT2D eigenvalue weighted by Gasteiger charge is -2.49. The molecule has 0 unspecified atom stereocenters. The number of amides is 5. The van der Waals surface area contributed by atoms with E-state index in [4.69, 9.17) is 68.0 Å². The molecule has 0 spiro atoms. The van der Waals surface area contributed by atoms with Crippen molar-refractivity contribution in [2.75, 3.05) is 103 Å². The number of likely N-dealkylation sites (tertiary alicyclic amines) is 2. The minimum Gasteiger partial charge on any atom is -0.508 e. The third-order valence-corrected chi connectivity index (χ3v) is 20.6. The van der Waals surface area contributed by atoms with E-state index in [-0.39, 0.29) is 66.2 Å². The Labute approximate surface area is 718 Å². The SMILES string of the molecule is C=CCOC(=O)N[C@@H](COC)C(=O)N(C)[C@@]1(Cc2ccc(Cl)cc2)CCCN(C(=O)OC(C)(C)C)C1.CN(C)Cc1ncc(-c2ccc(O)cc2)n1C.COC[C@H](C)C(=O)N(C)[C@@]1(Cc2ccc(Cl)cc2)CCCN(C(=O)OC(C)(C)C)C1.C[C@H](CCc1c(F)cc(Cl)cc1Oc1ccc(-c2cnc(CN(C)C)n2C)cc1)C(=O)OC(C)(C)C. The highest BCUT2D eigenvalue weighted by Crippen LogP contribution is 2.38. The molecule has 2 aromatic heterocycles. The van der Waals surface area contributed by atoms with Crippen LogP contribution in [0.4, 0.5) is 18.8 Å². The summed E-state index contributed by atoms with van der Waals surface area (Å²) in [6.45, 7) is 27.4. The molecule has 7 aromatic rings. The number of rotatable bonds is 27. The molecule has 2 N–H and O–H groups in total. The number of carbonyl (C=O) groups excluding carboxylic acids is 6. The predicted molar refractivity (Wildman–Crippen MR) is 465 cm³/mol. The first-order valence-electron chi connectivity index (χ1n) is 39.9. The van der Waals surface area contributed by atoms with Crippen LogP contribution in [0.15, 0.2) is 134 Å². The molecule has 0 saturated carbocycles. The molecule has 0 bridgehead atoms. The molecule has 2 saturated heterocycles. The van der Waals surface area contributed by atoms with Gasteiger partial charge in [0, 0.05) is 100 Å². The highest BCUT2D eigenvalue weighted by atomic mass is 35.5. The molecule has 4 heterocycles. The summed E-state index contributed by atoms with van der Waals surface area (Å²) in [4.78, 5) is 97.0. The number of nitrogens with zero attached hydrogens (tertiary/aromatic N) is 10. The van der Waals surface area contributed by atoms with Gasteiger partial charge in [-0.25, -0.2) is 28.7 Å². The van der Waals surface area contributed by atoms with Crippen LogP contribution >= 0.6 is 34.8 Å². The Morgan fingerprint density at radius 1 is 0.605 bits per heavy atom. The van der Waals surface area contributed by atoms with Gasteiger partial charge in [-0.2, -0.15) is 0 Å². The summed E-state index contributed by atoms with van der Waals surface area (Å²) in [7, 11) is 18.6. The van der Waals surface area contributed by atoms with E-state index >= 15 is 0 Å². The average Bonchev–Trinajstić information content (AvgIpc) is 1.68. The van der Waals surface area contributed by atoms with Gasteiger partial charge >= 0.3 is 24.2 Å². The molecule has 25 nitrogen and oxygen atoms in total. The number of aromatic nitrogens is 4. The van der Waals surface area contributed by atoms with Gasteiger partial charge in [0.1, 0.15) is 64.2 Å². The molecule has 2 aliphatic rings. The molecule has 2 fully saturated rings. The van der Waals surface area contributed by atoms with E-state index in [2.05, 4.69) is 40.8 Å². The Kier molecular flexibility index (Phi) is 37.1. The van der Waals surface area contributed by atoms with Crippen LogP contribution in [0.1, 0.15) is 137 Å². The lowest BCUT2D eigenvalue weighted by molar-refractivity contribution is -0.159. The number of methoxy groups -OCH3 is 2. The van der Waals surface area contributed by atoms with Crippen molar-refractivity contribution in [3.8, 4) is 39.8 Å². The Morgan fingerprint density at radius 3 is 1.46 bits per heavy atom. The first-order valence-corrected chi connectivity index (χ1v) is 41.0. The summed E-state index contributed by atoms with van der Waals surface area (Å²) in [5.41, 5.74) is 3.45. The maximum Gasteiger partial charge on any atom is 0.410 e. The van der Waals surface area contributed by atoms with Crippen molar-refractivity contribution in [2.45, 2.75) is 175 Å².